The average molecular weight is 2090 g/mol. The van der Waals surface area contributed by atoms with Gasteiger partial charge in [0.2, 0.25) is 100 Å². The van der Waals surface area contributed by atoms with Crippen molar-refractivity contribution in [3.8, 4) is 5.75 Å². The lowest BCUT2D eigenvalue weighted by Gasteiger charge is -2.34. The van der Waals surface area contributed by atoms with Crippen LogP contribution in [-0.4, -0.2) is 275 Å². The van der Waals surface area contributed by atoms with Crippen LogP contribution in [-0.2, 0) is 106 Å². The van der Waals surface area contributed by atoms with E-state index in [0.717, 1.165) is 6.92 Å². The third-order valence-corrected chi connectivity index (χ3v) is 24.6. The maximum absolute atomic E-state index is 15.6. The maximum Gasteiger partial charge on any atom is 0.303 e. The van der Waals surface area contributed by atoms with Crippen LogP contribution >= 0.6 is 0 Å². The molecule has 149 heavy (non-hydrogen) atoms. The summed E-state index contributed by atoms with van der Waals surface area (Å²) in [4.78, 5) is 259. The zero-order valence-electron chi connectivity index (χ0n) is 86.6. The number of carbonyl (C=O) groups excluding carboxylic acids is 17. The van der Waals surface area contributed by atoms with Gasteiger partial charge >= 0.3 is 5.97 Å². The Labute approximate surface area is 869 Å². The van der Waals surface area contributed by atoms with Crippen molar-refractivity contribution in [2.75, 3.05) is 39.3 Å². The highest BCUT2D eigenvalue weighted by molar-refractivity contribution is 6.02. The largest absolute Gasteiger partial charge is 0.508 e. The summed E-state index contributed by atoms with van der Waals surface area (Å²) in [7, 11) is 0. The summed E-state index contributed by atoms with van der Waals surface area (Å²) >= 11 is 0. The fourth-order valence-corrected chi connectivity index (χ4v) is 16.1. The van der Waals surface area contributed by atoms with Crippen LogP contribution in [0.5, 0.6) is 5.75 Å². The number of carbonyl (C=O) groups is 18. The number of phenols is 1. The molecule has 1 heterocycles. The molecule has 4 rings (SSSR count). The van der Waals surface area contributed by atoms with Crippen molar-refractivity contribution in [2.24, 2.45) is 40.3 Å². The predicted octanol–water partition coefficient (Wildman–Crippen LogP) is -3.06. The Morgan fingerprint density at radius 1 is 0.443 bits per heavy atom. The summed E-state index contributed by atoms with van der Waals surface area (Å²) < 4.78 is 0. The molecule has 826 valence electrons. The van der Waals surface area contributed by atoms with Gasteiger partial charge in [0.25, 0.3) is 0 Å². The fourth-order valence-electron chi connectivity index (χ4n) is 16.1. The van der Waals surface area contributed by atoms with Gasteiger partial charge in [-0.2, -0.15) is 0 Å². The third-order valence-electron chi connectivity index (χ3n) is 24.6. The number of hydrogen-bond acceptors (Lipinski definition) is 25. The number of nitrogens with two attached hydrogens (primary N) is 6. The number of aliphatic hydroxyl groups is 1. The number of carboxylic acid groups (broad SMARTS) is 1. The van der Waals surface area contributed by atoms with Crippen LogP contribution < -0.4 is 135 Å². The third kappa shape index (κ3) is 49.2. The standard InChI is InChI=1S/C100H160N28O21/c1-9-10-34-67(84(138)122-74(81(103)135)55-59(2)3)117-88(142)73(44-45-79(133)134)121-83(137)70(37-27-51-111-96(104)105)120-91(145)76(58-65-40-42-66(131)43-41-65)123-85(139)68(35-21-25-49-101)116-82(136)60(4)114-94(148)99(7)47-23-13-11-12-14-24-48-100(8,95(149)125-72(39-29-53-113-98(108)109)87(141)118-71(38-28-52-112-97(106)107)89(143)126-80(61(5)129)93(147)128-99)127-92(146)77(57-64-32-19-16-20-33-64)124-86(140)69(36-22-26-50-102)119-90(144)75(56-63-30-17-15-18-31-63)115-78(132)46-54-110-62(6)130/h11-12,15-20,30-33,40-43,59-61,67-77,80,129,131H,9-10,13-14,21-29,34-39,44-58,101-102H2,1-8H3,(H2,103,135)(H,110,130)(H,114,148)(H,115,132)(H,116,136)(H,117,142)(H,118,141)(H,119,144)(H,120,145)(H,121,137)(H,122,138)(H,123,139)(H,124,140)(H,125,149)(H,126,143)(H,127,146)(H,128,147)(H,133,134)(H4,104,105,111)(H4,106,107,112)(H4,108,109,113)/b12-11-/t60-,61+,67-,68-,69-,70-,71-,72-,73-,74-,75-,76-,77-,80-,99-,100-/m0/s1. The van der Waals surface area contributed by atoms with E-state index >= 15 is 43.2 Å². The molecule has 49 nitrogen and oxygen atoms in total. The summed E-state index contributed by atoms with van der Waals surface area (Å²) in [5.41, 5.74) is 31.8. The molecule has 0 aromatic heterocycles. The molecule has 0 radical (unpaired) electrons. The van der Waals surface area contributed by atoms with Crippen LogP contribution in [0, 0.1) is 22.1 Å². The summed E-state index contributed by atoms with van der Waals surface area (Å²) in [5.74, 6) is -18.4. The lowest BCUT2D eigenvalue weighted by Crippen LogP contribution is -2.65. The van der Waals surface area contributed by atoms with Gasteiger partial charge in [0.15, 0.2) is 17.9 Å². The van der Waals surface area contributed by atoms with Crippen molar-refractivity contribution < 1.29 is 102 Å². The number of rotatable bonds is 60. The highest BCUT2D eigenvalue weighted by atomic mass is 16.4. The van der Waals surface area contributed by atoms with E-state index in [4.69, 9.17) is 50.6 Å². The maximum atomic E-state index is 15.6. The lowest BCUT2D eigenvalue weighted by atomic mass is 9.91. The van der Waals surface area contributed by atoms with E-state index in [1.54, 1.807) is 86.7 Å². The van der Waals surface area contributed by atoms with Crippen molar-refractivity contribution >= 4 is 124 Å². The highest BCUT2D eigenvalue weighted by Crippen LogP contribution is 2.23. The Bertz CT molecular complexity index is 4940. The Morgan fingerprint density at radius 2 is 0.846 bits per heavy atom. The number of phenolic OH excluding ortho intramolecular Hbond substituents is 1. The van der Waals surface area contributed by atoms with Crippen molar-refractivity contribution in [3.63, 3.8) is 0 Å². The van der Waals surface area contributed by atoms with E-state index in [9.17, 15) is 58.5 Å². The molecule has 0 bridgehead atoms. The average Bonchev–Trinajstić information content (AvgIpc) is 1.06. The van der Waals surface area contributed by atoms with Gasteiger partial charge in [0.1, 0.15) is 95.4 Å². The SMILES string of the molecule is CCCC[C@H](NC(=O)[C@H](CCC(=O)O)NC(=O)[C@H](CCCNC(=N)N)NC(=O)[C@H](Cc1ccc(O)cc1)NC(=O)[C@H](CCCCN)NC(=O)[C@H](C)NC(=O)[C@]1(C)CCC/C=C\CCC[C@](C)(NC(=O)[C@H](Cc2ccccc2)NC(=O)[C@H](CCCCN)NC(=O)[C@H](Cc2ccccc2)NC(=O)CCNC(C)=O)C(=O)N[C@@H](CCCNC(=N)N)C(=O)N[C@@H](CCCNC(=N)N)C(=O)N[C@@H]([C@@H](C)O)C(=O)N1)C(=O)N[C@@H](CC(C)C)C(N)=O. The normalized spacial score (nSPS) is 18.6. The molecule has 0 saturated carbocycles. The van der Waals surface area contributed by atoms with Crippen molar-refractivity contribution in [3.05, 3.63) is 114 Å². The van der Waals surface area contributed by atoms with Crippen LogP contribution in [0.3, 0.4) is 0 Å². The number of unbranched alkanes of at least 4 members (excludes halogenated alkanes) is 3. The molecule has 37 N–H and O–H groups in total. The second-order valence-corrected chi connectivity index (χ2v) is 38.1. The number of hydrogen-bond donors (Lipinski definition) is 31. The number of aliphatic carboxylic acids is 1. The van der Waals surface area contributed by atoms with Crippen LogP contribution in [0.15, 0.2) is 97.1 Å². The number of aromatic hydroxyl groups is 1. The van der Waals surface area contributed by atoms with Crippen molar-refractivity contribution in [1.82, 2.24) is 101 Å². The zero-order valence-corrected chi connectivity index (χ0v) is 86.6. The smallest absolute Gasteiger partial charge is 0.303 e. The van der Waals surface area contributed by atoms with Gasteiger partial charge in [-0.15, -0.1) is 0 Å². The quantitative estimate of drug-likeness (QED) is 0.0115. The minimum absolute atomic E-state index is 0.00613. The number of amides is 17. The zero-order chi connectivity index (χ0) is 111. The van der Waals surface area contributed by atoms with E-state index in [2.05, 4.69) is 101 Å². The van der Waals surface area contributed by atoms with E-state index in [-0.39, 0.29) is 192 Å². The Morgan fingerprint density at radius 3 is 1.29 bits per heavy atom. The molecule has 1 aliphatic heterocycles. The number of primary amides is 1. The molecule has 3 aromatic carbocycles. The number of aliphatic hydroxyl groups excluding tert-OH is 1. The van der Waals surface area contributed by atoms with Gasteiger partial charge in [-0.1, -0.05) is 119 Å². The number of nitrogens with one attached hydrogen (secondary N) is 22. The second-order valence-electron chi connectivity index (χ2n) is 38.1. The number of guanidine groups is 3. The molecule has 0 spiro atoms. The van der Waals surface area contributed by atoms with Gasteiger partial charge in [0.05, 0.1) is 6.10 Å². The van der Waals surface area contributed by atoms with Crippen LogP contribution in [0.2, 0.25) is 0 Å². The topological polar surface area (TPSA) is 824 Å². The molecule has 1 aliphatic rings. The van der Waals surface area contributed by atoms with E-state index in [1.165, 1.54) is 52.0 Å². The Balaban J connectivity index is 1.82. The molecular formula is C100H160N28O21. The number of benzene rings is 3. The first-order valence-corrected chi connectivity index (χ1v) is 50.8. The van der Waals surface area contributed by atoms with Crippen LogP contribution in [0.4, 0.5) is 0 Å². The molecular weight excluding hydrogens is 1930 g/mol. The van der Waals surface area contributed by atoms with Crippen molar-refractivity contribution in [2.45, 2.75) is 331 Å². The molecule has 0 unspecified atom stereocenters. The molecule has 0 saturated heterocycles. The first-order valence-electron chi connectivity index (χ1n) is 50.8. The Kier molecular flexibility index (Phi) is 57.2. The second kappa shape index (κ2) is 67.3. The molecule has 0 aliphatic carbocycles. The van der Waals surface area contributed by atoms with Crippen LogP contribution in [0.25, 0.3) is 0 Å². The van der Waals surface area contributed by atoms with Gasteiger partial charge < -0.3 is 151 Å². The van der Waals surface area contributed by atoms with Crippen LogP contribution in [0.1, 0.15) is 233 Å². The van der Waals surface area contributed by atoms with Gasteiger partial charge in [0, 0.05) is 65.2 Å². The van der Waals surface area contributed by atoms with Crippen molar-refractivity contribution in [1.29, 1.82) is 16.2 Å². The van der Waals surface area contributed by atoms with E-state index in [0.29, 0.717) is 48.8 Å². The Hall–Kier alpha value is -14.6. The molecule has 49 heteroatoms. The number of allylic oxidation sites excluding steroid dienone is 2. The monoisotopic (exact) mass is 2090 g/mol. The minimum atomic E-state index is -2.07. The first-order chi connectivity index (χ1) is 70.6. The van der Waals surface area contributed by atoms with E-state index < -0.39 is 227 Å². The van der Waals surface area contributed by atoms with E-state index in [1.807, 2.05) is 6.92 Å². The molecule has 17 amide bonds. The lowest BCUT2D eigenvalue weighted by molar-refractivity contribution is -0.139. The highest BCUT2D eigenvalue weighted by Gasteiger charge is 2.44. The summed E-state index contributed by atoms with van der Waals surface area (Å²) in [6.45, 7) is 12.0. The summed E-state index contributed by atoms with van der Waals surface area (Å²) in [6, 6.07) is 2.83. The summed E-state index contributed by atoms with van der Waals surface area (Å²) in [6.07, 6.45) is 1.12. The van der Waals surface area contributed by atoms with Gasteiger partial charge in [-0.3, -0.25) is 103 Å². The van der Waals surface area contributed by atoms with Gasteiger partial charge in [-0.25, -0.2) is 0 Å². The van der Waals surface area contributed by atoms with Gasteiger partial charge in [-0.05, 0) is 210 Å². The number of carboxylic acids is 1. The fraction of sp³-hybridized carbons (Fsp3) is 0.590. The molecule has 16 atom stereocenters. The summed E-state index contributed by atoms with van der Waals surface area (Å²) in [5, 5.41) is 106. The first kappa shape index (κ1) is 127. The minimum Gasteiger partial charge on any atom is -0.508 e. The predicted molar refractivity (Wildman–Crippen MR) is 556 cm³/mol. The molecule has 3 aromatic rings. The molecule has 0 fully saturated rings.